The minimum atomic E-state index is -1.14. The summed E-state index contributed by atoms with van der Waals surface area (Å²) in [5.74, 6) is -2.65. The van der Waals surface area contributed by atoms with Crippen LogP contribution in [0.2, 0.25) is 0 Å². The van der Waals surface area contributed by atoms with Crippen molar-refractivity contribution in [3.63, 3.8) is 0 Å². The summed E-state index contributed by atoms with van der Waals surface area (Å²) >= 11 is 0. The van der Waals surface area contributed by atoms with Crippen molar-refractivity contribution in [1.29, 1.82) is 0 Å². The number of carboxylic acids is 1. The Morgan fingerprint density at radius 2 is 1.68 bits per heavy atom. The molecule has 1 amide bonds. The van der Waals surface area contributed by atoms with Gasteiger partial charge in [0.2, 0.25) is 5.91 Å². The first kappa shape index (κ1) is 14.8. The number of hydrogen-bond donors (Lipinski definition) is 1. The van der Waals surface area contributed by atoms with Crippen LogP contribution in [0.3, 0.4) is 0 Å². The lowest BCUT2D eigenvalue weighted by Crippen LogP contribution is -2.41. The van der Waals surface area contributed by atoms with E-state index >= 15 is 0 Å². The fourth-order valence-electron chi connectivity index (χ4n) is 3.41. The topological polar surface area (TPSA) is 69.2 Å². The molecule has 1 aromatic rings. The van der Waals surface area contributed by atoms with Gasteiger partial charge in [-0.05, 0) is 61.8 Å². The fraction of sp³-hybridized carbons (Fsp3) is 0.444. The predicted octanol–water partition coefficient (Wildman–Crippen LogP) is 1.84. The highest BCUT2D eigenvalue weighted by atomic mass is 16.4. The summed E-state index contributed by atoms with van der Waals surface area (Å²) in [5.41, 5.74) is 3.42. The normalized spacial score (nSPS) is 23.6. The molecule has 4 heteroatoms. The molecule has 0 saturated heterocycles. The highest BCUT2D eigenvalue weighted by molar-refractivity contribution is 5.95. The number of carbonyl (C=O) groups excluding carboxylic acids is 2. The van der Waals surface area contributed by atoms with Gasteiger partial charge in [0.25, 0.3) is 0 Å². The third kappa shape index (κ3) is 3.06. The van der Waals surface area contributed by atoms with Crippen LogP contribution in [0.15, 0.2) is 30.4 Å². The number of amides is 1. The smallest absolute Gasteiger partial charge is 0.228 e. The van der Waals surface area contributed by atoms with Gasteiger partial charge in [-0.1, -0.05) is 18.2 Å². The second-order valence-corrected chi connectivity index (χ2v) is 6.15. The second-order valence-electron chi connectivity index (χ2n) is 6.15. The Balaban J connectivity index is 1.73. The first-order chi connectivity index (χ1) is 10.6. The van der Waals surface area contributed by atoms with Crippen LogP contribution in [0.5, 0.6) is 0 Å². The number of allylic oxidation sites excluding steroid dienone is 2. The summed E-state index contributed by atoms with van der Waals surface area (Å²) < 4.78 is 0. The van der Waals surface area contributed by atoms with Crippen molar-refractivity contribution in [1.82, 2.24) is 0 Å². The lowest BCUT2D eigenvalue weighted by molar-refractivity contribution is -0.313. The van der Waals surface area contributed by atoms with Crippen molar-refractivity contribution in [2.75, 3.05) is 5.32 Å². The van der Waals surface area contributed by atoms with E-state index in [1.54, 1.807) is 0 Å². The van der Waals surface area contributed by atoms with Gasteiger partial charge < -0.3 is 15.2 Å². The molecule has 1 N–H and O–H groups in total. The average Bonchev–Trinajstić information content (AvgIpc) is 2.54. The van der Waals surface area contributed by atoms with Crippen LogP contribution in [0, 0.1) is 11.8 Å². The van der Waals surface area contributed by atoms with Crippen molar-refractivity contribution in [2.45, 2.75) is 38.5 Å². The van der Waals surface area contributed by atoms with Gasteiger partial charge in [0.1, 0.15) is 0 Å². The van der Waals surface area contributed by atoms with Gasteiger partial charge in [-0.25, -0.2) is 0 Å². The SMILES string of the molecule is O=C([O-])[C@@H]1CC=CC[C@H]1C(=O)Nc1ccc2c(c1)CCCC2. The van der Waals surface area contributed by atoms with Crippen molar-refractivity contribution < 1.29 is 14.7 Å². The summed E-state index contributed by atoms with van der Waals surface area (Å²) in [5, 5.41) is 14.1. The number of carbonyl (C=O) groups is 2. The van der Waals surface area contributed by atoms with Crippen molar-refractivity contribution in [3.05, 3.63) is 41.5 Å². The van der Waals surface area contributed by atoms with Gasteiger partial charge in [0, 0.05) is 17.6 Å². The molecule has 1 aromatic carbocycles. The van der Waals surface area contributed by atoms with Crippen LogP contribution in [0.4, 0.5) is 5.69 Å². The lowest BCUT2D eigenvalue weighted by Gasteiger charge is -2.28. The van der Waals surface area contributed by atoms with E-state index < -0.39 is 17.8 Å². The molecule has 0 fully saturated rings. The molecule has 2 aliphatic rings. The number of nitrogens with one attached hydrogen (secondary N) is 1. The molecule has 4 nitrogen and oxygen atoms in total. The third-order valence-electron chi connectivity index (χ3n) is 4.69. The van der Waals surface area contributed by atoms with Crippen molar-refractivity contribution in [2.24, 2.45) is 11.8 Å². The van der Waals surface area contributed by atoms with Gasteiger partial charge in [0.15, 0.2) is 0 Å². The molecule has 0 saturated carbocycles. The monoisotopic (exact) mass is 298 g/mol. The highest BCUT2D eigenvalue weighted by Crippen LogP contribution is 2.28. The first-order valence-corrected chi connectivity index (χ1v) is 7.93. The third-order valence-corrected chi connectivity index (χ3v) is 4.69. The molecule has 0 radical (unpaired) electrons. The van der Waals surface area contributed by atoms with E-state index in [1.807, 2.05) is 24.3 Å². The molecule has 3 rings (SSSR count). The Hall–Kier alpha value is -2.10. The molecule has 0 bridgehead atoms. The predicted molar refractivity (Wildman–Crippen MR) is 82.1 cm³/mol. The van der Waals surface area contributed by atoms with E-state index in [1.165, 1.54) is 24.0 Å². The fourth-order valence-corrected chi connectivity index (χ4v) is 3.41. The molecule has 2 atom stereocenters. The quantitative estimate of drug-likeness (QED) is 0.866. The van der Waals surface area contributed by atoms with E-state index in [-0.39, 0.29) is 5.91 Å². The van der Waals surface area contributed by atoms with E-state index in [9.17, 15) is 14.7 Å². The zero-order chi connectivity index (χ0) is 15.5. The molecule has 22 heavy (non-hydrogen) atoms. The van der Waals surface area contributed by atoms with E-state index in [2.05, 4.69) is 11.4 Å². The Labute approximate surface area is 130 Å². The number of benzene rings is 1. The summed E-state index contributed by atoms with van der Waals surface area (Å²) in [7, 11) is 0. The van der Waals surface area contributed by atoms with Gasteiger partial charge >= 0.3 is 0 Å². The Morgan fingerprint density at radius 1 is 1.00 bits per heavy atom. The minimum Gasteiger partial charge on any atom is -0.550 e. The van der Waals surface area contributed by atoms with Crippen LogP contribution in [-0.4, -0.2) is 11.9 Å². The van der Waals surface area contributed by atoms with Crippen LogP contribution in [0.25, 0.3) is 0 Å². The van der Waals surface area contributed by atoms with E-state index in [0.717, 1.165) is 18.5 Å². The summed E-state index contributed by atoms with van der Waals surface area (Å²) in [6, 6.07) is 6.01. The number of anilines is 1. The molecular weight excluding hydrogens is 278 g/mol. The Morgan fingerprint density at radius 3 is 2.41 bits per heavy atom. The molecule has 0 aromatic heterocycles. The van der Waals surface area contributed by atoms with Crippen LogP contribution in [0.1, 0.15) is 36.8 Å². The maximum Gasteiger partial charge on any atom is 0.228 e. The molecule has 0 spiro atoms. The molecule has 116 valence electrons. The zero-order valence-corrected chi connectivity index (χ0v) is 12.5. The largest absolute Gasteiger partial charge is 0.550 e. The number of rotatable bonds is 3. The van der Waals surface area contributed by atoms with Gasteiger partial charge in [-0.2, -0.15) is 0 Å². The summed E-state index contributed by atoms with van der Waals surface area (Å²) in [4.78, 5) is 23.6. The summed E-state index contributed by atoms with van der Waals surface area (Å²) in [6.07, 6.45) is 9.06. The number of fused-ring (bicyclic) bond motifs is 1. The number of carboxylic acid groups (broad SMARTS) is 1. The first-order valence-electron chi connectivity index (χ1n) is 7.93. The Bertz CT molecular complexity index is 621. The van der Waals surface area contributed by atoms with Gasteiger partial charge in [0.05, 0.1) is 5.92 Å². The van der Waals surface area contributed by atoms with Crippen LogP contribution >= 0.6 is 0 Å². The molecule has 0 unspecified atom stereocenters. The average molecular weight is 298 g/mol. The van der Waals surface area contributed by atoms with Crippen LogP contribution in [-0.2, 0) is 22.4 Å². The van der Waals surface area contributed by atoms with Gasteiger partial charge in [-0.3, -0.25) is 4.79 Å². The number of hydrogen-bond acceptors (Lipinski definition) is 3. The maximum atomic E-state index is 12.4. The van der Waals surface area contributed by atoms with Gasteiger partial charge in [-0.15, -0.1) is 0 Å². The second kappa shape index (κ2) is 6.34. The van der Waals surface area contributed by atoms with E-state index in [0.29, 0.717) is 12.8 Å². The highest BCUT2D eigenvalue weighted by Gasteiger charge is 2.29. The standard InChI is InChI=1S/C18H21NO3/c20-17(15-7-3-4-8-16(15)18(21)22)19-14-10-9-12-5-1-2-6-13(12)11-14/h3-4,9-11,15-16H,1-2,5-8H2,(H,19,20)(H,21,22)/p-1/t15-,16-/m1/s1. The van der Waals surface area contributed by atoms with Crippen molar-refractivity contribution in [3.8, 4) is 0 Å². The molecule has 0 aliphatic heterocycles. The number of aryl methyl sites for hydroxylation is 2. The molecular formula is C18H20NO3-. The van der Waals surface area contributed by atoms with Crippen LogP contribution < -0.4 is 10.4 Å². The lowest BCUT2D eigenvalue weighted by atomic mass is 9.82. The number of aliphatic carboxylic acids is 1. The maximum absolute atomic E-state index is 12.4. The molecule has 2 aliphatic carbocycles. The zero-order valence-electron chi connectivity index (χ0n) is 12.5. The molecule has 0 heterocycles. The Kier molecular flexibility index (Phi) is 4.27. The van der Waals surface area contributed by atoms with Crippen molar-refractivity contribution >= 4 is 17.6 Å². The minimum absolute atomic E-state index is 0.227. The van der Waals surface area contributed by atoms with E-state index in [4.69, 9.17) is 0 Å². The summed E-state index contributed by atoms with van der Waals surface area (Å²) in [6.45, 7) is 0.